The van der Waals surface area contributed by atoms with Gasteiger partial charge in [-0.2, -0.15) is 0 Å². The van der Waals surface area contributed by atoms with Crippen LogP contribution in [0.1, 0.15) is 13.8 Å². The maximum Gasteiger partial charge on any atom is 0.377 e. The standard InChI is InChI=1S/C17H20N3O3P/c1-4-22-24(21,23-5-2)15-11-14-16(13-9-7-6-8-10-13)18-12-19-17(14)20(15)3/h6-12H,4-5H2,1-3H3. The number of aryl methyl sites for hydroxylation is 1. The lowest BCUT2D eigenvalue weighted by atomic mass is 10.1. The number of hydrogen-bond donors (Lipinski definition) is 0. The van der Waals surface area contributed by atoms with Gasteiger partial charge in [-0.25, -0.2) is 9.97 Å². The van der Waals surface area contributed by atoms with Crippen molar-refractivity contribution < 1.29 is 13.6 Å². The van der Waals surface area contributed by atoms with E-state index in [4.69, 9.17) is 9.05 Å². The maximum atomic E-state index is 13.1. The highest BCUT2D eigenvalue weighted by Crippen LogP contribution is 2.48. The number of fused-ring (bicyclic) bond motifs is 1. The van der Waals surface area contributed by atoms with Crippen molar-refractivity contribution >= 4 is 24.1 Å². The van der Waals surface area contributed by atoms with Gasteiger partial charge in [0.15, 0.2) is 0 Å². The van der Waals surface area contributed by atoms with Gasteiger partial charge in [0.2, 0.25) is 0 Å². The molecule has 6 nitrogen and oxygen atoms in total. The Morgan fingerprint density at radius 1 is 1.08 bits per heavy atom. The Morgan fingerprint density at radius 2 is 1.75 bits per heavy atom. The van der Waals surface area contributed by atoms with E-state index in [1.54, 1.807) is 18.4 Å². The minimum absolute atomic E-state index is 0.302. The lowest BCUT2D eigenvalue weighted by Crippen LogP contribution is -2.18. The number of aromatic nitrogens is 3. The molecule has 0 aliphatic carbocycles. The molecule has 3 rings (SSSR count). The maximum absolute atomic E-state index is 13.1. The molecule has 0 spiro atoms. The average Bonchev–Trinajstić information content (AvgIpc) is 2.94. The van der Waals surface area contributed by atoms with Crippen molar-refractivity contribution in [2.45, 2.75) is 13.8 Å². The molecule has 0 atom stereocenters. The monoisotopic (exact) mass is 345 g/mol. The van der Waals surface area contributed by atoms with E-state index in [0.29, 0.717) is 24.3 Å². The van der Waals surface area contributed by atoms with Crippen molar-refractivity contribution in [2.24, 2.45) is 7.05 Å². The fraction of sp³-hybridized carbons (Fsp3) is 0.294. The van der Waals surface area contributed by atoms with E-state index in [1.807, 2.05) is 43.4 Å². The largest absolute Gasteiger partial charge is 0.377 e. The zero-order chi connectivity index (χ0) is 17.2. The van der Waals surface area contributed by atoms with Crippen LogP contribution in [0, 0.1) is 0 Å². The molecule has 0 saturated carbocycles. The Kier molecular flexibility index (Phi) is 4.81. The van der Waals surface area contributed by atoms with Crippen molar-refractivity contribution in [1.82, 2.24) is 14.5 Å². The lowest BCUT2D eigenvalue weighted by Gasteiger charge is -2.17. The summed E-state index contributed by atoms with van der Waals surface area (Å²) in [7, 11) is -1.59. The van der Waals surface area contributed by atoms with Crippen LogP contribution in [0.3, 0.4) is 0 Å². The van der Waals surface area contributed by atoms with Crippen LogP contribution in [-0.4, -0.2) is 27.7 Å². The molecule has 0 N–H and O–H groups in total. The lowest BCUT2D eigenvalue weighted by molar-refractivity contribution is 0.229. The van der Waals surface area contributed by atoms with Crippen molar-refractivity contribution in [3.63, 3.8) is 0 Å². The topological polar surface area (TPSA) is 66.2 Å². The van der Waals surface area contributed by atoms with E-state index in [2.05, 4.69) is 9.97 Å². The molecule has 0 fully saturated rings. The predicted octanol–water partition coefficient (Wildman–Crippen LogP) is 3.53. The fourth-order valence-corrected chi connectivity index (χ4v) is 4.49. The van der Waals surface area contributed by atoms with E-state index in [-0.39, 0.29) is 0 Å². The van der Waals surface area contributed by atoms with Gasteiger partial charge < -0.3 is 13.6 Å². The molecule has 0 aliphatic rings. The number of hydrogen-bond acceptors (Lipinski definition) is 5. The number of benzene rings is 1. The van der Waals surface area contributed by atoms with Gasteiger partial charge in [-0.3, -0.25) is 4.57 Å². The van der Waals surface area contributed by atoms with Crippen LogP contribution in [0.4, 0.5) is 0 Å². The van der Waals surface area contributed by atoms with E-state index >= 15 is 0 Å². The zero-order valence-electron chi connectivity index (χ0n) is 14.0. The SMILES string of the molecule is CCOP(=O)(OCC)c1cc2c(-c3ccccc3)ncnc2n1C. The molecule has 0 radical (unpaired) electrons. The highest BCUT2D eigenvalue weighted by molar-refractivity contribution is 7.62. The van der Waals surface area contributed by atoms with E-state index in [0.717, 1.165) is 16.6 Å². The minimum atomic E-state index is -3.40. The molecule has 2 heterocycles. The van der Waals surface area contributed by atoms with Gasteiger partial charge in [-0.05, 0) is 19.9 Å². The first-order valence-electron chi connectivity index (χ1n) is 7.86. The van der Waals surface area contributed by atoms with Crippen LogP contribution >= 0.6 is 7.60 Å². The molecule has 0 unspecified atom stereocenters. The molecule has 0 amide bonds. The second-order valence-corrected chi connectivity index (χ2v) is 7.19. The molecule has 0 saturated heterocycles. The van der Waals surface area contributed by atoms with Gasteiger partial charge in [0.1, 0.15) is 17.4 Å². The predicted molar refractivity (Wildman–Crippen MR) is 94.4 cm³/mol. The Morgan fingerprint density at radius 3 is 2.38 bits per heavy atom. The second kappa shape index (κ2) is 6.85. The molecule has 7 heteroatoms. The molecular formula is C17H20N3O3P. The van der Waals surface area contributed by atoms with Crippen LogP contribution in [0.15, 0.2) is 42.7 Å². The van der Waals surface area contributed by atoms with Gasteiger partial charge >= 0.3 is 7.60 Å². The molecule has 24 heavy (non-hydrogen) atoms. The smallest absolute Gasteiger partial charge is 0.322 e. The van der Waals surface area contributed by atoms with E-state index in [9.17, 15) is 4.57 Å². The van der Waals surface area contributed by atoms with Crippen molar-refractivity contribution in [1.29, 1.82) is 0 Å². The first kappa shape index (κ1) is 16.8. The van der Waals surface area contributed by atoms with E-state index in [1.165, 1.54) is 6.33 Å². The summed E-state index contributed by atoms with van der Waals surface area (Å²) in [6.07, 6.45) is 1.51. The summed E-state index contributed by atoms with van der Waals surface area (Å²) in [6.45, 7) is 4.19. The molecule has 2 aromatic heterocycles. The van der Waals surface area contributed by atoms with Crippen molar-refractivity contribution in [2.75, 3.05) is 13.2 Å². The summed E-state index contributed by atoms with van der Waals surface area (Å²) in [5.41, 5.74) is 2.95. The summed E-state index contributed by atoms with van der Waals surface area (Å²) >= 11 is 0. The van der Waals surface area contributed by atoms with Crippen LogP contribution in [0.5, 0.6) is 0 Å². The number of rotatable bonds is 6. The van der Waals surface area contributed by atoms with Gasteiger partial charge in [0.25, 0.3) is 0 Å². The molecule has 1 aromatic carbocycles. The van der Waals surface area contributed by atoms with Crippen LogP contribution in [0.25, 0.3) is 22.3 Å². The van der Waals surface area contributed by atoms with Crippen LogP contribution in [0.2, 0.25) is 0 Å². The summed E-state index contributed by atoms with van der Waals surface area (Å²) in [4.78, 5) is 8.75. The highest BCUT2D eigenvalue weighted by atomic mass is 31.2. The molecular weight excluding hydrogens is 325 g/mol. The molecule has 126 valence electrons. The second-order valence-electron chi connectivity index (χ2n) is 5.22. The third-order valence-corrected chi connectivity index (χ3v) is 5.91. The Hall–Kier alpha value is -2.01. The number of nitrogens with zero attached hydrogens (tertiary/aromatic N) is 3. The third kappa shape index (κ3) is 2.88. The van der Waals surface area contributed by atoms with Gasteiger partial charge in [-0.15, -0.1) is 0 Å². The first-order valence-corrected chi connectivity index (χ1v) is 9.40. The fourth-order valence-electron chi connectivity index (χ4n) is 2.72. The summed E-state index contributed by atoms with van der Waals surface area (Å²) in [6, 6.07) is 11.6. The normalized spacial score (nSPS) is 12.0. The highest BCUT2D eigenvalue weighted by Gasteiger charge is 2.31. The molecule has 3 aromatic rings. The van der Waals surface area contributed by atoms with E-state index < -0.39 is 7.60 Å². The Bertz CT molecular complexity index is 883. The Labute approximate surface area is 141 Å². The quantitative estimate of drug-likeness (QED) is 0.640. The third-order valence-electron chi connectivity index (χ3n) is 3.72. The van der Waals surface area contributed by atoms with Gasteiger partial charge in [0.05, 0.1) is 18.9 Å². The Balaban J connectivity index is 2.23. The molecule has 0 aliphatic heterocycles. The summed E-state index contributed by atoms with van der Waals surface area (Å²) < 4.78 is 25.9. The van der Waals surface area contributed by atoms with Crippen LogP contribution < -0.4 is 5.44 Å². The van der Waals surface area contributed by atoms with Gasteiger partial charge in [-0.1, -0.05) is 30.3 Å². The van der Waals surface area contributed by atoms with Crippen molar-refractivity contribution in [3.8, 4) is 11.3 Å². The zero-order valence-corrected chi connectivity index (χ0v) is 14.9. The molecule has 0 bridgehead atoms. The van der Waals surface area contributed by atoms with Crippen molar-refractivity contribution in [3.05, 3.63) is 42.7 Å². The average molecular weight is 345 g/mol. The first-order chi connectivity index (χ1) is 11.6. The van der Waals surface area contributed by atoms with Gasteiger partial charge in [0, 0.05) is 18.0 Å². The summed E-state index contributed by atoms with van der Waals surface area (Å²) in [5, 5.41) is 0.820. The summed E-state index contributed by atoms with van der Waals surface area (Å²) in [5.74, 6) is 0. The van der Waals surface area contributed by atoms with Crippen LogP contribution in [-0.2, 0) is 20.7 Å². The minimum Gasteiger partial charge on any atom is -0.322 e.